The summed E-state index contributed by atoms with van der Waals surface area (Å²) in [6, 6.07) is 0.637. The number of nitrogens with two attached hydrogens (primary N) is 2. The van der Waals surface area contributed by atoms with Gasteiger partial charge in [0, 0.05) is 19.0 Å². The smallest absolute Gasteiger partial charge is 0.218 e. The van der Waals surface area contributed by atoms with Gasteiger partial charge in [-0.05, 0) is 38.8 Å². The Balaban J connectivity index is 2.24. The lowest BCUT2D eigenvalue weighted by Crippen LogP contribution is -2.32. The zero-order valence-corrected chi connectivity index (χ0v) is 8.74. The van der Waals surface area contributed by atoms with Crippen molar-refractivity contribution in [1.82, 2.24) is 4.90 Å². The van der Waals surface area contributed by atoms with E-state index in [4.69, 9.17) is 11.5 Å². The second-order valence-corrected chi connectivity index (χ2v) is 3.98. The summed E-state index contributed by atoms with van der Waals surface area (Å²) in [7, 11) is 0. The minimum Gasteiger partial charge on any atom is -0.370 e. The van der Waals surface area contributed by atoms with Crippen LogP contribution in [-0.2, 0) is 4.79 Å². The third kappa shape index (κ3) is 3.64. The summed E-state index contributed by atoms with van der Waals surface area (Å²) in [4.78, 5) is 13.0. The number of amides is 1. The van der Waals surface area contributed by atoms with Crippen LogP contribution in [0.3, 0.4) is 0 Å². The molecular formula is C10H21N3O. The molecule has 1 saturated heterocycles. The molecule has 0 aromatic heterocycles. The molecule has 14 heavy (non-hydrogen) atoms. The SMILES string of the molecule is NCCCC1CCCN1CCC(N)=O. The van der Waals surface area contributed by atoms with Crippen molar-refractivity contribution in [2.75, 3.05) is 19.6 Å². The first-order valence-electron chi connectivity index (χ1n) is 5.46. The van der Waals surface area contributed by atoms with Gasteiger partial charge in [0.15, 0.2) is 0 Å². The molecule has 0 aliphatic carbocycles. The third-order valence-electron chi connectivity index (χ3n) is 2.89. The van der Waals surface area contributed by atoms with E-state index in [1.54, 1.807) is 0 Å². The molecule has 1 fully saturated rings. The van der Waals surface area contributed by atoms with E-state index in [0.717, 1.165) is 32.5 Å². The molecular weight excluding hydrogens is 178 g/mol. The molecule has 0 radical (unpaired) electrons. The van der Waals surface area contributed by atoms with E-state index in [-0.39, 0.29) is 5.91 Å². The van der Waals surface area contributed by atoms with Crippen LogP contribution in [-0.4, -0.2) is 36.5 Å². The molecule has 0 spiro atoms. The van der Waals surface area contributed by atoms with E-state index in [1.165, 1.54) is 12.8 Å². The third-order valence-corrected chi connectivity index (χ3v) is 2.89. The average Bonchev–Trinajstić information content (AvgIpc) is 2.58. The molecule has 4 N–H and O–H groups in total. The maximum absolute atomic E-state index is 10.7. The van der Waals surface area contributed by atoms with Gasteiger partial charge in [-0.25, -0.2) is 0 Å². The molecule has 1 unspecified atom stereocenters. The number of carbonyl (C=O) groups is 1. The largest absolute Gasteiger partial charge is 0.370 e. The van der Waals surface area contributed by atoms with E-state index in [0.29, 0.717) is 12.5 Å². The maximum Gasteiger partial charge on any atom is 0.218 e. The van der Waals surface area contributed by atoms with Gasteiger partial charge in [-0.1, -0.05) is 0 Å². The molecule has 1 aliphatic rings. The molecule has 1 aliphatic heterocycles. The van der Waals surface area contributed by atoms with Crippen LogP contribution in [0.1, 0.15) is 32.1 Å². The number of hydrogen-bond donors (Lipinski definition) is 2. The minimum absolute atomic E-state index is 0.200. The first kappa shape index (κ1) is 11.5. The molecule has 1 amide bonds. The number of hydrogen-bond acceptors (Lipinski definition) is 3. The highest BCUT2D eigenvalue weighted by Crippen LogP contribution is 2.20. The first-order valence-corrected chi connectivity index (χ1v) is 5.46. The topological polar surface area (TPSA) is 72.3 Å². The van der Waals surface area contributed by atoms with Crippen molar-refractivity contribution >= 4 is 5.91 Å². The quantitative estimate of drug-likeness (QED) is 0.635. The van der Waals surface area contributed by atoms with Crippen LogP contribution in [0.15, 0.2) is 0 Å². The maximum atomic E-state index is 10.7. The van der Waals surface area contributed by atoms with E-state index >= 15 is 0 Å². The number of rotatable bonds is 6. The van der Waals surface area contributed by atoms with Gasteiger partial charge in [0.2, 0.25) is 5.91 Å². The minimum atomic E-state index is -0.200. The molecule has 0 aromatic carbocycles. The van der Waals surface area contributed by atoms with E-state index in [2.05, 4.69) is 4.90 Å². The molecule has 1 atom stereocenters. The Morgan fingerprint density at radius 2 is 2.29 bits per heavy atom. The van der Waals surface area contributed by atoms with Crippen LogP contribution in [0.4, 0.5) is 0 Å². The molecule has 0 bridgehead atoms. The lowest BCUT2D eigenvalue weighted by molar-refractivity contribution is -0.118. The first-order chi connectivity index (χ1) is 6.74. The fraction of sp³-hybridized carbons (Fsp3) is 0.900. The Labute approximate surface area is 85.6 Å². The van der Waals surface area contributed by atoms with Crippen molar-refractivity contribution in [3.8, 4) is 0 Å². The lowest BCUT2D eigenvalue weighted by Gasteiger charge is -2.23. The summed E-state index contributed by atoms with van der Waals surface area (Å²) in [5.41, 5.74) is 10.6. The van der Waals surface area contributed by atoms with E-state index < -0.39 is 0 Å². The highest BCUT2D eigenvalue weighted by Gasteiger charge is 2.23. The summed E-state index contributed by atoms with van der Waals surface area (Å²) in [6.07, 6.45) is 5.22. The van der Waals surface area contributed by atoms with Gasteiger partial charge >= 0.3 is 0 Å². The zero-order valence-electron chi connectivity index (χ0n) is 8.74. The van der Waals surface area contributed by atoms with Crippen molar-refractivity contribution in [2.45, 2.75) is 38.1 Å². The van der Waals surface area contributed by atoms with Gasteiger partial charge in [0.25, 0.3) is 0 Å². The van der Waals surface area contributed by atoms with Gasteiger partial charge in [0.05, 0.1) is 0 Å². The molecule has 1 heterocycles. The van der Waals surface area contributed by atoms with Gasteiger partial charge < -0.3 is 11.5 Å². The van der Waals surface area contributed by atoms with Gasteiger partial charge in [0.1, 0.15) is 0 Å². The van der Waals surface area contributed by atoms with Crippen LogP contribution in [0, 0.1) is 0 Å². The predicted octanol–water partition coefficient (Wildman–Crippen LogP) is 0.0651. The van der Waals surface area contributed by atoms with Gasteiger partial charge in [-0.15, -0.1) is 0 Å². The molecule has 0 saturated carbocycles. The average molecular weight is 199 g/mol. The Morgan fingerprint density at radius 3 is 2.93 bits per heavy atom. The number of likely N-dealkylation sites (tertiary alicyclic amines) is 1. The predicted molar refractivity (Wildman–Crippen MR) is 56.7 cm³/mol. The van der Waals surface area contributed by atoms with Crippen LogP contribution in [0.5, 0.6) is 0 Å². The fourth-order valence-electron chi connectivity index (χ4n) is 2.12. The summed E-state index contributed by atoms with van der Waals surface area (Å²) in [5, 5.41) is 0. The zero-order chi connectivity index (χ0) is 10.4. The summed E-state index contributed by atoms with van der Waals surface area (Å²) in [5.74, 6) is -0.200. The van der Waals surface area contributed by atoms with Crippen molar-refractivity contribution in [3.05, 3.63) is 0 Å². The van der Waals surface area contributed by atoms with Crippen LogP contribution < -0.4 is 11.5 Å². The van der Waals surface area contributed by atoms with Crippen LogP contribution >= 0.6 is 0 Å². The summed E-state index contributed by atoms with van der Waals surface area (Å²) in [6.45, 7) is 2.70. The highest BCUT2D eigenvalue weighted by atomic mass is 16.1. The second kappa shape index (κ2) is 5.98. The molecule has 0 aromatic rings. The Morgan fingerprint density at radius 1 is 1.50 bits per heavy atom. The van der Waals surface area contributed by atoms with E-state index in [9.17, 15) is 4.79 Å². The normalized spacial score (nSPS) is 22.8. The molecule has 4 heteroatoms. The van der Waals surface area contributed by atoms with E-state index in [1.807, 2.05) is 0 Å². The van der Waals surface area contributed by atoms with Gasteiger partial charge in [-0.3, -0.25) is 9.69 Å². The monoisotopic (exact) mass is 199 g/mol. The van der Waals surface area contributed by atoms with Crippen LogP contribution in [0.2, 0.25) is 0 Å². The van der Waals surface area contributed by atoms with Crippen molar-refractivity contribution in [1.29, 1.82) is 0 Å². The molecule has 1 rings (SSSR count). The number of nitrogens with zero attached hydrogens (tertiary/aromatic N) is 1. The number of carbonyl (C=O) groups excluding carboxylic acids is 1. The fourth-order valence-corrected chi connectivity index (χ4v) is 2.12. The molecule has 4 nitrogen and oxygen atoms in total. The summed E-state index contributed by atoms with van der Waals surface area (Å²) >= 11 is 0. The second-order valence-electron chi connectivity index (χ2n) is 3.98. The van der Waals surface area contributed by atoms with Crippen LogP contribution in [0.25, 0.3) is 0 Å². The van der Waals surface area contributed by atoms with Crippen molar-refractivity contribution in [3.63, 3.8) is 0 Å². The number of primary amides is 1. The Hall–Kier alpha value is -0.610. The van der Waals surface area contributed by atoms with Crippen molar-refractivity contribution < 1.29 is 4.79 Å². The van der Waals surface area contributed by atoms with Gasteiger partial charge in [-0.2, -0.15) is 0 Å². The lowest BCUT2D eigenvalue weighted by atomic mass is 10.1. The van der Waals surface area contributed by atoms with Crippen molar-refractivity contribution in [2.24, 2.45) is 11.5 Å². The standard InChI is InChI=1S/C10H21N3O/c11-6-1-3-9-4-2-7-13(9)8-5-10(12)14/h9H,1-8,11H2,(H2,12,14). The summed E-state index contributed by atoms with van der Waals surface area (Å²) < 4.78 is 0. The molecule has 82 valence electrons. The highest BCUT2D eigenvalue weighted by molar-refractivity contribution is 5.73. The Kier molecular flexibility index (Phi) is 4.90. The Bertz CT molecular complexity index is 184.